The van der Waals surface area contributed by atoms with Crippen LogP contribution in [0.4, 0.5) is 8.78 Å². The van der Waals surface area contributed by atoms with Crippen molar-refractivity contribution in [2.45, 2.75) is 0 Å². The molecule has 0 aliphatic rings. The van der Waals surface area contributed by atoms with E-state index in [0.29, 0.717) is 8.95 Å². The molecule has 0 nitrogen and oxygen atoms in total. The summed E-state index contributed by atoms with van der Waals surface area (Å²) >= 11 is 29.9. The lowest BCUT2D eigenvalue weighted by molar-refractivity contribution is 0.615. The van der Waals surface area contributed by atoms with Gasteiger partial charge in [-0.1, -0.05) is 180 Å². The first kappa shape index (κ1) is 40.9. The van der Waals surface area contributed by atoms with Crippen LogP contribution in [0, 0.1) is 11.6 Å². The molecule has 6 aromatic rings. The molecule has 0 atom stereocenters. The van der Waals surface area contributed by atoms with Crippen LogP contribution in [0.5, 0.6) is 0 Å². The molecular weight excluding hydrogens is 1190 g/mol. The van der Waals surface area contributed by atoms with Crippen LogP contribution >= 0.6 is 143 Å². The van der Waals surface area contributed by atoms with Gasteiger partial charge in [-0.25, -0.2) is 8.78 Å². The van der Waals surface area contributed by atoms with Gasteiger partial charge in [-0.2, -0.15) is 0 Å². The topological polar surface area (TPSA) is 0 Å². The molecule has 242 valence electrons. The summed E-state index contributed by atoms with van der Waals surface area (Å²) in [5.41, 5.74) is 2.99. The van der Waals surface area contributed by atoms with E-state index in [1.54, 1.807) is 24.3 Å². The summed E-state index contributed by atoms with van der Waals surface area (Å²) in [7, 11) is 0. The maximum Gasteiger partial charge on any atom is 0.132 e. The van der Waals surface area contributed by atoms with Crippen molar-refractivity contribution >= 4 is 143 Å². The van der Waals surface area contributed by atoms with Crippen LogP contribution in [0.3, 0.4) is 0 Å². The van der Waals surface area contributed by atoms with Gasteiger partial charge in [-0.05, 0) is 102 Å². The zero-order chi connectivity index (χ0) is 34.5. The van der Waals surface area contributed by atoms with E-state index in [-0.39, 0.29) is 11.1 Å². The smallest absolute Gasteiger partial charge is 0.132 e. The molecule has 0 unspecified atom stereocenters. The molecule has 47 heavy (non-hydrogen) atoms. The third-order valence-electron chi connectivity index (χ3n) is 5.81. The minimum absolute atomic E-state index is 0.258. The van der Waals surface area contributed by atoms with E-state index in [2.05, 4.69) is 192 Å². The first-order chi connectivity index (χ1) is 22.3. The Morgan fingerprint density at radius 2 is 0.489 bits per heavy atom. The standard InChI is InChI=1S/C12H6Br2F2.C12H8Br2.C6H3Br3.C6H4Br2/c13-7-1-3-9(11(15)5-7)10-4-2-8(14)6-12(10)16;13-11-5-1-9(2-6-11)10-3-7-12(14)8-4-10;7-4-1-5(8)3-6(9)2-4;7-5-1-2-6(8)4-3-5/h1-6H;1-8H;1-3H;1-4H. The average molecular weight is 1210 g/mol. The number of hydrogen-bond acceptors (Lipinski definition) is 0. The van der Waals surface area contributed by atoms with Crippen molar-refractivity contribution in [3.8, 4) is 22.3 Å². The van der Waals surface area contributed by atoms with Crippen molar-refractivity contribution in [1.82, 2.24) is 0 Å². The molecule has 6 aromatic carbocycles. The van der Waals surface area contributed by atoms with E-state index >= 15 is 0 Å². The van der Waals surface area contributed by atoms with E-state index < -0.39 is 11.6 Å². The molecule has 0 N–H and O–H groups in total. The lowest BCUT2D eigenvalue weighted by atomic mass is 10.0. The summed E-state index contributed by atoms with van der Waals surface area (Å²) in [5.74, 6) is -0.897. The van der Waals surface area contributed by atoms with Gasteiger partial charge in [0.1, 0.15) is 11.6 Å². The Labute approximate surface area is 349 Å². The van der Waals surface area contributed by atoms with Crippen LogP contribution in [0.25, 0.3) is 22.3 Å². The lowest BCUT2D eigenvalue weighted by Crippen LogP contribution is -1.88. The largest absolute Gasteiger partial charge is 0.206 e. The predicted molar refractivity (Wildman–Crippen MR) is 226 cm³/mol. The second-order valence-electron chi connectivity index (χ2n) is 9.29. The molecule has 0 radical (unpaired) electrons. The Morgan fingerprint density at radius 3 is 0.745 bits per heavy atom. The number of benzene rings is 6. The van der Waals surface area contributed by atoms with Crippen LogP contribution in [-0.4, -0.2) is 0 Å². The van der Waals surface area contributed by atoms with Crippen molar-refractivity contribution < 1.29 is 8.78 Å². The second kappa shape index (κ2) is 21.0. The zero-order valence-electron chi connectivity index (χ0n) is 23.8. The monoisotopic (exact) mass is 1200 g/mol. The van der Waals surface area contributed by atoms with Gasteiger partial charge in [0.25, 0.3) is 0 Å². The van der Waals surface area contributed by atoms with Crippen LogP contribution in [-0.2, 0) is 0 Å². The molecule has 0 aliphatic heterocycles. The van der Waals surface area contributed by atoms with Gasteiger partial charge in [0.05, 0.1) is 0 Å². The molecule has 0 fully saturated rings. The van der Waals surface area contributed by atoms with Gasteiger partial charge in [0.2, 0.25) is 0 Å². The molecule has 11 heteroatoms. The molecule has 0 aliphatic carbocycles. The molecule has 6 rings (SSSR count). The lowest BCUT2D eigenvalue weighted by Gasteiger charge is -2.05. The van der Waals surface area contributed by atoms with Crippen molar-refractivity contribution in [3.63, 3.8) is 0 Å². The Morgan fingerprint density at radius 1 is 0.255 bits per heavy atom. The SMILES string of the molecule is Brc1cc(Br)cc(Br)c1.Brc1ccc(-c2ccc(Br)cc2)cc1.Brc1ccc(Br)cc1.Fc1cc(Br)ccc1-c1ccc(Br)cc1F. The molecule has 0 aromatic heterocycles. The van der Waals surface area contributed by atoms with E-state index in [1.807, 2.05) is 42.5 Å². The Balaban J connectivity index is 0.000000177. The van der Waals surface area contributed by atoms with Crippen molar-refractivity contribution in [3.05, 3.63) is 179 Å². The summed E-state index contributed by atoms with van der Waals surface area (Å²) in [6.45, 7) is 0. The average Bonchev–Trinajstić information content (AvgIpc) is 3.00. The Hall–Kier alpha value is -0.500. The molecule has 0 bridgehead atoms. The third-order valence-corrected chi connectivity index (χ3v) is 10.3. The molecule has 0 heterocycles. The summed E-state index contributed by atoms with van der Waals surface area (Å²) in [5, 5.41) is 0. The first-order valence-corrected chi connectivity index (χ1v) is 20.4. The summed E-state index contributed by atoms with van der Waals surface area (Å²) < 4.78 is 36.1. The fraction of sp³-hybridized carbons (Fsp3) is 0. The van der Waals surface area contributed by atoms with Crippen molar-refractivity contribution in [1.29, 1.82) is 0 Å². The molecule has 0 spiro atoms. The highest BCUT2D eigenvalue weighted by Crippen LogP contribution is 2.29. The van der Waals surface area contributed by atoms with Crippen molar-refractivity contribution in [2.24, 2.45) is 0 Å². The maximum absolute atomic E-state index is 13.6. The highest BCUT2D eigenvalue weighted by Gasteiger charge is 2.10. The van der Waals surface area contributed by atoms with Gasteiger partial charge in [-0.3, -0.25) is 0 Å². The van der Waals surface area contributed by atoms with Crippen LogP contribution in [0.2, 0.25) is 0 Å². The highest BCUT2D eigenvalue weighted by atomic mass is 79.9. The van der Waals surface area contributed by atoms with Crippen molar-refractivity contribution in [2.75, 3.05) is 0 Å². The summed E-state index contributed by atoms with van der Waals surface area (Å²) in [6.07, 6.45) is 0. The predicted octanol–water partition coefficient (Wildman–Crippen LogP) is 17.2. The number of rotatable bonds is 2. The zero-order valence-corrected chi connectivity index (χ0v) is 38.1. The van der Waals surface area contributed by atoms with Gasteiger partial charge >= 0.3 is 0 Å². The Bertz CT molecular complexity index is 1710. The minimum atomic E-state index is -0.449. The van der Waals surface area contributed by atoms with Gasteiger partial charge in [0.15, 0.2) is 0 Å². The quantitative estimate of drug-likeness (QED) is 0.162. The van der Waals surface area contributed by atoms with Gasteiger partial charge < -0.3 is 0 Å². The third kappa shape index (κ3) is 15.1. The maximum atomic E-state index is 13.6. The molecule has 0 saturated heterocycles. The number of halogens is 11. The minimum Gasteiger partial charge on any atom is -0.206 e. The fourth-order valence-corrected chi connectivity index (χ4v) is 7.78. The van der Waals surface area contributed by atoms with E-state index in [0.717, 1.165) is 31.3 Å². The van der Waals surface area contributed by atoms with E-state index in [1.165, 1.54) is 23.3 Å². The van der Waals surface area contributed by atoms with Crippen LogP contribution < -0.4 is 0 Å². The van der Waals surface area contributed by atoms with Gasteiger partial charge in [-0.15, -0.1) is 0 Å². The second-order valence-corrected chi connectivity index (χ2v) is 17.5. The summed E-state index contributed by atoms with van der Waals surface area (Å²) in [4.78, 5) is 0. The molecular formula is C36H21Br9F2. The molecule has 0 saturated carbocycles. The Kier molecular flexibility index (Phi) is 18.3. The van der Waals surface area contributed by atoms with E-state index in [9.17, 15) is 8.78 Å². The summed E-state index contributed by atoms with van der Waals surface area (Å²) in [6, 6.07) is 39.7. The fourth-order valence-electron chi connectivity index (χ4n) is 3.65. The van der Waals surface area contributed by atoms with E-state index in [4.69, 9.17) is 0 Å². The van der Waals surface area contributed by atoms with Gasteiger partial charge in [0, 0.05) is 51.4 Å². The molecule has 0 amide bonds. The number of hydrogen-bond donors (Lipinski definition) is 0. The first-order valence-electron chi connectivity index (χ1n) is 13.3. The van der Waals surface area contributed by atoms with Crippen LogP contribution in [0.15, 0.2) is 168 Å². The highest BCUT2D eigenvalue weighted by molar-refractivity contribution is 9.12. The normalized spacial score (nSPS) is 10.0. The van der Waals surface area contributed by atoms with Crippen LogP contribution in [0.1, 0.15) is 0 Å².